The topological polar surface area (TPSA) is 237 Å². The van der Waals surface area contributed by atoms with Crippen molar-refractivity contribution in [2.45, 2.75) is 113 Å². The molecule has 2 fully saturated rings. The van der Waals surface area contributed by atoms with Gasteiger partial charge in [-0.1, -0.05) is 26.0 Å². The number of para-hydroxylation sites is 2. The summed E-state index contributed by atoms with van der Waals surface area (Å²) < 4.78 is 91.9. The lowest BCUT2D eigenvalue weighted by atomic mass is 10.1. The van der Waals surface area contributed by atoms with E-state index in [0.29, 0.717) is 70.9 Å². The molecule has 6 heterocycles. The highest BCUT2D eigenvalue weighted by Gasteiger charge is 2.37. The van der Waals surface area contributed by atoms with Crippen LogP contribution in [0.25, 0.3) is 11.4 Å². The van der Waals surface area contributed by atoms with Crippen LogP contribution in [0.3, 0.4) is 0 Å². The normalized spacial score (nSPS) is 17.8. The van der Waals surface area contributed by atoms with Gasteiger partial charge in [0.05, 0.1) is 38.9 Å². The van der Waals surface area contributed by atoms with Crippen LogP contribution in [0, 0.1) is 13.8 Å². The summed E-state index contributed by atoms with van der Waals surface area (Å²) in [6.45, 7) is 12.0. The van der Waals surface area contributed by atoms with Crippen LogP contribution in [0.4, 0.5) is 0 Å². The van der Waals surface area contributed by atoms with Gasteiger partial charge >= 0.3 is 0 Å². The summed E-state index contributed by atoms with van der Waals surface area (Å²) in [5, 5.41) is 15.9. The molecule has 0 aliphatic carbocycles. The Morgan fingerprint density at radius 1 is 0.557 bits per heavy atom. The number of nitrogens with zero attached hydrogens (tertiary/aromatic N) is 10. The number of rotatable bonds is 18. The van der Waals surface area contributed by atoms with E-state index in [-0.39, 0.29) is 35.4 Å². The highest BCUT2D eigenvalue weighted by molar-refractivity contribution is 7.91. The van der Waals surface area contributed by atoms with Crippen molar-refractivity contribution in [1.29, 1.82) is 0 Å². The predicted molar refractivity (Wildman–Crippen MR) is 259 cm³/mol. The number of hydrogen-bond donors (Lipinski definition) is 0. The van der Waals surface area contributed by atoms with Crippen molar-refractivity contribution in [3.05, 3.63) is 107 Å². The molecule has 0 bridgehead atoms. The number of aromatic nitrogens is 10. The molecule has 0 unspecified atom stereocenters. The molecule has 0 spiro atoms. The summed E-state index contributed by atoms with van der Waals surface area (Å²) in [5.74, 6) is 3.13. The first-order valence-corrected chi connectivity index (χ1v) is 26.5. The standard InChI is InChI=1S/2C24H31N5O5S/c2*1-15-12-25-23(26-13-15)16(2)17(3)35(30,31)14-21-27-28-24(20-10-7-11-34-20)29(21)22-18(32-4)8-6-9-19(22)33-5/h2*6,8-9,12-13,16-17,20H,7,10-11,14H2,1-5H3/t16-,17-,20+;16-,17-,20-/m11/s1. The van der Waals surface area contributed by atoms with Gasteiger partial charge in [-0.05, 0) is 88.8 Å². The van der Waals surface area contributed by atoms with Crippen LogP contribution in [0.2, 0.25) is 0 Å². The third-order valence-corrected chi connectivity index (χ3v) is 17.2. The van der Waals surface area contributed by atoms with Crippen molar-refractivity contribution in [3.8, 4) is 34.4 Å². The number of benzene rings is 2. The number of hydrogen-bond acceptors (Lipinski definition) is 18. The fraction of sp³-hybridized carbons (Fsp3) is 0.500. The van der Waals surface area contributed by atoms with Gasteiger partial charge in [-0.15, -0.1) is 20.4 Å². The van der Waals surface area contributed by atoms with E-state index in [1.807, 2.05) is 27.7 Å². The highest BCUT2D eigenvalue weighted by atomic mass is 32.2. The van der Waals surface area contributed by atoms with E-state index in [0.717, 1.165) is 36.8 Å². The minimum atomic E-state index is -3.68. The molecule has 0 saturated carbocycles. The van der Waals surface area contributed by atoms with Crippen molar-refractivity contribution >= 4 is 19.7 Å². The van der Waals surface area contributed by atoms with Crippen LogP contribution in [0.5, 0.6) is 23.0 Å². The van der Waals surface area contributed by atoms with Crippen LogP contribution in [-0.2, 0) is 40.7 Å². The Balaban J connectivity index is 0.000000206. The van der Waals surface area contributed by atoms with Gasteiger partial charge < -0.3 is 28.4 Å². The Morgan fingerprint density at radius 3 is 1.17 bits per heavy atom. The molecule has 22 heteroatoms. The second-order valence-corrected chi connectivity index (χ2v) is 22.2. The zero-order chi connectivity index (χ0) is 50.3. The fourth-order valence-corrected chi connectivity index (χ4v) is 11.5. The summed E-state index contributed by atoms with van der Waals surface area (Å²) in [6, 6.07) is 10.8. The number of aryl methyl sites for hydroxylation is 2. The number of methoxy groups -OCH3 is 4. The van der Waals surface area contributed by atoms with Crippen molar-refractivity contribution < 1.29 is 45.3 Å². The van der Waals surface area contributed by atoms with Gasteiger partial charge in [0.25, 0.3) is 0 Å². The molecule has 8 rings (SSSR count). The molecule has 6 atom stereocenters. The van der Waals surface area contributed by atoms with Gasteiger partial charge in [0, 0.05) is 49.8 Å². The molecule has 6 aromatic rings. The molecular weight excluding hydrogens is 941 g/mol. The quantitative estimate of drug-likeness (QED) is 0.0872. The molecule has 2 aliphatic rings. The SMILES string of the molecule is COc1cccc(OC)c1-n1c(CS(=O)(=O)[C@H](C)[C@@H](C)c2ncc(C)cn2)nnc1[C@@H]1CCCO1.COc1cccc(OC)c1-n1c(CS(=O)(=O)[C@H](C)[C@@H](C)c2ncc(C)cn2)nnc1[C@H]1CCCO1. The summed E-state index contributed by atoms with van der Waals surface area (Å²) in [7, 11) is -1.15. The Hall–Kier alpha value is -6.10. The van der Waals surface area contributed by atoms with E-state index >= 15 is 0 Å². The molecule has 20 nitrogen and oxygen atoms in total. The summed E-state index contributed by atoms with van der Waals surface area (Å²) >= 11 is 0. The average molecular weight is 1000 g/mol. The van der Waals surface area contributed by atoms with Crippen LogP contribution in [0.15, 0.2) is 61.2 Å². The van der Waals surface area contributed by atoms with E-state index < -0.39 is 42.0 Å². The highest BCUT2D eigenvalue weighted by Crippen LogP contribution is 2.40. The second-order valence-electron chi connectivity index (χ2n) is 17.5. The summed E-state index contributed by atoms with van der Waals surface area (Å²) in [5.41, 5.74) is 2.91. The predicted octanol–water partition coefficient (Wildman–Crippen LogP) is 6.68. The van der Waals surface area contributed by atoms with Gasteiger partial charge in [-0.3, -0.25) is 9.13 Å². The van der Waals surface area contributed by atoms with Gasteiger partial charge in [0.2, 0.25) is 0 Å². The Kier molecular flexibility index (Phi) is 16.5. The number of sulfone groups is 2. The lowest BCUT2D eigenvalue weighted by molar-refractivity contribution is 0.103. The molecule has 2 saturated heterocycles. The molecule has 376 valence electrons. The van der Waals surface area contributed by atoms with E-state index in [1.165, 1.54) is 0 Å². The first-order valence-electron chi connectivity index (χ1n) is 23.1. The average Bonchev–Trinajstić information content (AvgIpc) is 4.22. The van der Waals surface area contributed by atoms with Crippen molar-refractivity contribution in [3.63, 3.8) is 0 Å². The monoisotopic (exact) mass is 1000 g/mol. The Morgan fingerprint density at radius 2 is 0.886 bits per heavy atom. The maximum absolute atomic E-state index is 13.6. The number of ether oxygens (including phenoxy) is 6. The van der Waals surface area contributed by atoms with E-state index in [1.54, 1.807) is 113 Å². The largest absolute Gasteiger partial charge is 0.494 e. The summed E-state index contributed by atoms with van der Waals surface area (Å²) in [6.07, 6.45) is 9.47. The minimum absolute atomic E-state index is 0.266. The van der Waals surface area contributed by atoms with Crippen LogP contribution in [0.1, 0.15) is 123 Å². The van der Waals surface area contributed by atoms with Crippen LogP contribution >= 0.6 is 0 Å². The molecule has 0 amide bonds. The van der Waals surface area contributed by atoms with Crippen molar-refractivity contribution in [2.75, 3.05) is 41.7 Å². The smallest absolute Gasteiger partial charge is 0.167 e. The molecule has 70 heavy (non-hydrogen) atoms. The molecule has 4 aromatic heterocycles. The van der Waals surface area contributed by atoms with E-state index in [4.69, 9.17) is 28.4 Å². The van der Waals surface area contributed by atoms with Gasteiger partial charge in [-0.2, -0.15) is 0 Å². The van der Waals surface area contributed by atoms with E-state index in [9.17, 15) is 16.8 Å². The van der Waals surface area contributed by atoms with Crippen LogP contribution in [-0.4, -0.2) is 118 Å². The third kappa shape index (κ3) is 11.1. The summed E-state index contributed by atoms with van der Waals surface area (Å²) in [4.78, 5) is 17.3. The Labute approximate surface area is 409 Å². The van der Waals surface area contributed by atoms with Crippen molar-refractivity contribution in [2.24, 2.45) is 0 Å². The zero-order valence-electron chi connectivity index (χ0n) is 41.3. The zero-order valence-corrected chi connectivity index (χ0v) is 42.9. The van der Waals surface area contributed by atoms with Gasteiger partial charge in [0.15, 0.2) is 43.0 Å². The van der Waals surface area contributed by atoms with Crippen LogP contribution < -0.4 is 18.9 Å². The lowest BCUT2D eigenvalue weighted by Crippen LogP contribution is -2.27. The third-order valence-electron chi connectivity index (χ3n) is 12.8. The van der Waals surface area contributed by atoms with Gasteiger partial charge in [-0.25, -0.2) is 36.8 Å². The van der Waals surface area contributed by atoms with Gasteiger partial charge in [0.1, 0.15) is 69.7 Å². The maximum Gasteiger partial charge on any atom is 0.167 e. The molecule has 0 radical (unpaired) electrons. The molecule has 2 aliphatic heterocycles. The van der Waals surface area contributed by atoms with E-state index in [2.05, 4.69) is 40.3 Å². The molecular formula is C48H62N10O10S2. The second kappa shape index (κ2) is 22.3. The maximum atomic E-state index is 13.6. The minimum Gasteiger partial charge on any atom is -0.494 e. The molecule has 2 aromatic carbocycles. The first-order chi connectivity index (χ1) is 33.5. The van der Waals surface area contributed by atoms with Crippen molar-refractivity contribution in [1.82, 2.24) is 49.5 Å². The Bertz CT molecular complexity index is 2690. The first kappa shape index (κ1) is 51.7. The molecule has 0 N–H and O–H groups in total. The lowest BCUT2D eigenvalue weighted by Gasteiger charge is -2.21. The fourth-order valence-electron chi connectivity index (χ4n) is 8.36.